The van der Waals surface area contributed by atoms with Crippen molar-refractivity contribution in [3.63, 3.8) is 0 Å². The van der Waals surface area contributed by atoms with Gasteiger partial charge in [-0.2, -0.15) is 5.26 Å². The molecule has 1 aromatic rings. The Bertz CT molecular complexity index is 479. The van der Waals surface area contributed by atoms with Crippen molar-refractivity contribution in [3.05, 3.63) is 23.8 Å². The van der Waals surface area contributed by atoms with Crippen molar-refractivity contribution in [2.75, 3.05) is 17.2 Å². The molecule has 0 aromatic heterocycles. The van der Waals surface area contributed by atoms with Crippen LogP contribution in [0.2, 0.25) is 0 Å². The number of benzene rings is 1. The second kappa shape index (κ2) is 3.83. The number of nitrogen functional groups attached to an aromatic ring is 1. The summed E-state index contributed by atoms with van der Waals surface area (Å²) in [7, 11) is 0. The second-order valence-electron chi connectivity index (χ2n) is 3.75. The average Bonchev–Trinajstić information content (AvgIpc) is 2.58. The van der Waals surface area contributed by atoms with E-state index in [4.69, 9.17) is 11.0 Å². The van der Waals surface area contributed by atoms with E-state index < -0.39 is 6.10 Å². The third-order valence-corrected chi connectivity index (χ3v) is 2.55. The molecule has 3 N–H and O–H groups in total. The SMILES string of the molecule is N#Cc1ccc(N)c(N2CC(O)CC2=O)c1. The van der Waals surface area contributed by atoms with Crippen molar-refractivity contribution in [1.82, 2.24) is 0 Å². The summed E-state index contributed by atoms with van der Waals surface area (Å²) < 4.78 is 0. The van der Waals surface area contributed by atoms with E-state index in [9.17, 15) is 9.90 Å². The third-order valence-electron chi connectivity index (χ3n) is 2.55. The molecule has 82 valence electrons. The number of amides is 1. The molecule has 0 aliphatic carbocycles. The Morgan fingerprint density at radius 3 is 2.88 bits per heavy atom. The van der Waals surface area contributed by atoms with Crippen molar-refractivity contribution in [2.45, 2.75) is 12.5 Å². The molecule has 1 atom stereocenters. The second-order valence-corrected chi connectivity index (χ2v) is 3.75. The van der Waals surface area contributed by atoms with Crippen LogP contribution in [0.15, 0.2) is 18.2 Å². The molecular weight excluding hydrogens is 206 g/mol. The monoisotopic (exact) mass is 217 g/mol. The van der Waals surface area contributed by atoms with Crippen LogP contribution in [0.3, 0.4) is 0 Å². The molecule has 1 amide bonds. The Kier molecular flexibility index (Phi) is 2.50. The predicted molar refractivity (Wildman–Crippen MR) is 58.5 cm³/mol. The van der Waals surface area contributed by atoms with Crippen LogP contribution in [-0.2, 0) is 4.79 Å². The Morgan fingerprint density at radius 1 is 1.56 bits per heavy atom. The summed E-state index contributed by atoms with van der Waals surface area (Å²) in [5.74, 6) is -0.172. The Morgan fingerprint density at radius 2 is 2.31 bits per heavy atom. The molecule has 2 rings (SSSR count). The van der Waals surface area contributed by atoms with Crippen molar-refractivity contribution in [3.8, 4) is 6.07 Å². The van der Waals surface area contributed by atoms with Crippen molar-refractivity contribution >= 4 is 17.3 Å². The number of nitriles is 1. The first-order valence-electron chi connectivity index (χ1n) is 4.90. The van der Waals surface area contributed by atoms with Gasteiger partial charge in [-0.1, -0.05) is 0 Å². The normalized spacial score (nSPS) is 19.9. The van der Waals surface area contributed by atoms with Gasteiger partial charge in [0.25, 0.3) is 0 Å². The van der Waals surface area contributed by atoms with Gasteiger partial charge in [0.05, 0.1) is 42.1 Å². The highest BCUT2D eigenvalue weighted by Crippen LogP contribution is 2.28. The number of anilines is 2. The number of β-amino-alcohol motifs (C(OH)–C–C–N with tert-alkyl or cyclic N) is 1. The average molecular weight is 217 g/mol. The predicted octanol–water partition coefficient (Wildman–Crippen LogP) is 0.238. The van der Waals surface area contributed by atoms with Gasteiger partial charge in [-0.15, -0.1) is 0 Å². The molecule has 0 saturated carbocycles. The molecule has 1 heterocycles. The standard InChI is InChI=1S/C11H11N3O2/c12-5-7-1-2-9(13)10(3-7)14-6-8(15)4-11(14)16/h1-3,8,15H,4,6,13H2. The Balaban J connectivity index is 2.40. The van der Waals surface area contributed by atoms with Crippen molar-refractivity contribution in [1.29, 1.82) is 5.26 Å². The quantitative estimate of drug-likeness (QED) is 0.659. The number of nitrogens with two attached hydrogens (primary N) is 1. The highest BCUT2D eigenvalue weighted by molar-refractivity contribution is 5.98. The van der Waals surface area contributed by atoms with Crippen LogP contribution in [0.25, 0.3) is 0 Å². The van der Waals surface area contributed by atoms with Gasteiger partial charge >= 0.3 is 0 Å². The smallest absolute Gasteiger partial charge is 0.229 e. The molecule has 1 aliphatic heterocycles. The summed E-state index contributed by atoms with van der Waals surface area (Å²) in [4.78, 5) is 13.0. The van der Waals surface area contributed by atoms with Crippen LogP contribution >= 0.6 is 0 Å². The van der Waals surface area contributed by atoms with E-state index in [1.807, 2.05) is 6.07 Å². The number of carbonyl (C=O) groups excluding carboxylic acids is 1. The van der Waals surface area contributed by atoms with Crippen LogP contribution in [0, 0.1) is 11.3 Å². The van der Waals surface area contributed by atoms with Gasteiger partial charge in [0, 0.05) is 0 Å². The van der Waals surface area contributed by atoms with Crippen molar-refractivity contribution < 1.29 is 9.90 Å². The molecule has 5 heteroatoms. The zero-order chi connectivity index (χ0) is 11.7. The summed E-state index contributed by atoms with van der Waals surface area (Å²) >= 11 is 0. The van der Waals surface area contributed by atoms with Gasteiger partial charge < -0.3 is 15.7 Å². The topological polar surface area (TPSA) is 90.3 Å². The van der Waals surface area contributed by atoms with Crippen LogP contribution < -0.4 is 10.6 Å². The van der Waals surface area contributed by atoms with E-state index in [1.165, 1.54) is 4.90 Å². The molecule has 1 saturated heterocycles. The van der Waals surface area contributed by atoms with E-state index in [1.54, 1.807) is 18.2 Å². The summed E-state index contributed by atoms with van der Waals surface area (Å²) in [6, 6.07) is 6.73. The minimum Gasteiger partial charge on any atom is -0.397 e. The molecule has 0 radical (unpaired) electrons. The molecule has 0 spiro atoms. The van der Waals surface area contributed by atoms with Crippen LogP contribution in [-0.4, -0.2) is 23.7 Å². The fraction of sp³-hybridized carbons (Fsp3) is 0.273. The lowest BCUT2D eigenvalue weighted by molar-refractivity contribution is -0.117. The third kappa shape index (κ3) is 1.71. The van der Waals surface area contributed by atoms with Crippen LogP contribution in [0.5, 0.6) is 0 Å². The van der Waals surface area contributed by atoms with Gasteiger partial charge in [-0.25, -0.2) is 0 Å². The lowest BCUT2D eigenvalue weighted by Gasteiger charge is -2.18. The van der Waals surface area contributed by atoms with Gasteiger partial charge in [-0.3, -0.25) is 4.79 Å². The number of carbonyl (C=O) groups is 1. The largest absolute Gasteiger partial charge is 0.397 e. The first kappa shape index (κ1) is 10.5. The van der Waals surface area contributed by atoms with E-state index in [0.29, 0.717) is 16.9 Å². The van der Waals surface area contributed by atoms with Crippen LogP contribution in [0.4, 0.5) is 11.4 Å². The summed E-state index contributed by atoms with van der Waals surface area (Å²) in [5.41, 5.74) is 7.12. The summed E-state index contributed by atoms with van der Waals surface area (Å²) in [6.45, 7) is 0.234. The molecule has 0 bridgehead atoms. The maximum Gasteiger partial charge on any atom is 0.229 e. The van der Waals surface area contributed by atoms with E-state index >= 15 is 0 Å². The Hall–Kier alpha value is -2.06. The lowest BCUT2D eigenvalue weighted by atomic mass is 10.2. The maximum atomic E-state index is 11.6. The zero-order valence-electron chi connectivity index (χ0n) is 8.55. The number of hydrogen-bond donors (Lipinski definition) is 2. The molecule has 1 aromatic carbocycles. The fourth-order valence-electron chi connectivity index (χ4n) is 1.77. The first-order valence-corrected chi connectivity index (χ1v) is 4.90. The maximum absolute atomic E-state index is 11.6. The van der Waals surface area contributed by atoms with Gasteiger partial charge in [0.15, 0.2) is 0 Å². The van der Waals surface area contributed by atoms with Crippen molar-refractivity contribution in [2.24, 2.45) is 0 Å². The van der Waals surface area contributed by atoms with E-state index in [-0.39, 0.29) is 18.9 Å². The minimum atomic E-state index is -0.655. The minimum absolute atomic E-state index is 0.107. The van der Waals surface area contributed by atoms with E-state index in [0.717, 1.165) is 0 Å². The number of rotatable bonds is 1. The highest BCUT2D eigenvalue weighted by Gasteiger charge is 2.30. The van der Waals surface area contributed by atoms with Gasteiger partial charge in [0.2, 0.25) is 5.91 Å². The number of aliphatic hydroxyl groups excluding tert-OH is 1. The summed E-state index contributed by atoms with van der Waals surface area (Å²) in [6.07, 6.45) is -0.548. The number of aliphatic hydroxyl groups is 1. The van der Waals surface area contributed by atoms with Gasteiger partial charge in [0.1, 0.15) is 0 Å². The van der Waals surface area contributed by atoms with Crippen LogP contribution in [0.1, 0.15) is 12.0 Å². The fourth-order valence-corrected chi connectivity index (χ4v) is 1.77. The first-order chi connectivity index (χ1) is 7.61. The van der Waals surface area contributed by atoms with Gasteiger partial charge in [-0.05, 0) is 18.2 Å². The Labute approximate surface area is 92.7 Å². The molecule has 16 heavy (non-hydrogen) atoms. The number of nitrogens with zero attached hydrogens (tertiary/aromatic N) is 2. The summed E-state index contributed by atoms with van der Waals surface area (Å²) in [5, 5.41) is 18.2. The highest BCUT2D eigenvalue weighted by atomic mass is 16.3. The molecule has 1 fully saturated rings. The zero-order valence-corrected chi connectivity index (χ0v) is 8.55. The molecular formula is C11H11N3O2. The van der Waals surface area contributed by atoms with E-state index in [2.05, 4.69) is 0 Å². The molecule has 5 nitrogen and oxygen atoms in total. The molecule has 1 aliphatic rings. The lowest BCUT2D eigenvalue weighted by Crippen LogP contribution is -2.26. The molecule has 1 unspecified atom stereocenters. The number of hydrogen-bond acceptors (Lipinski definition) is 4.